The van der Waals surface area contributed by atoms with E-state index in [1.54, 1.807) is 12.1 Å². The maximum absolute atomic E-state index is 13.2. The molecule has 33 heavy (non-hydrogen) atoms. The number of ether oxygens (including phenoxy) is 2. The van der Waals surface area contributed by atoms with Crippen LogP contribution in [-0.4, -0.2) is 38.5 Å². The highest BCUT2D eigenvalue weighted by atomic mass is 32.2. The third kappa shape index (κ3) is 4.23. The van der Waals surface area contributed by atoms with Gasteiger partial charge in [-0.05, 0) is 80.5 Å². The second-order valence-corrected chi connectivity index (χ2v) is 11.2. The summed E-state index contributed by atoms with van der Waals surface area (Å²) < 4.78 is 38.1. The van der Waals surface area contributed by atoms with Crippen LogP contribution in [0.15, 0.2) is 35.2 Å². The molecule has 1 amide bonds. The van der Waals surface area contributed by atoms with Crippen molar-refractivity contribution in [2.45, 2.75) is 43.4 Å². The maximum Gasteiger partial charge on any atom is 0.321 e. The lowest BCUT2D eigenvalue weighted by Crippen LogP contribution is -2.51. The fourth-order valence-electron chi connectivity index (χ4n) is 6.22. The number of amides is 1. The van der Waals surface area contributed by atoms with Gasteiger partial charge in [-0.25, -0.2) is 8.42 Å². The van der Waals surface area contributed by atoms with E-state index in [4.69, 9.17) is 9.47 Å². The van der Waals surface area contributed by atoms with E-state index in [-0.39, 0.29) is 33.9 Å². The molecule has 4 saturated carbocycles. The summed E-state index contributed by atoms with van der Waals surface area (Å²) in [7, 11) is -1.12. The van der Waals surface area contributed by atoms with E-state index in [9.17, 15) is 13.2 Å². The molecule has 1 aromatic heterocycles. The summed E-state index contributed by atoms with van der Waals surface area (Å²) in [5.74, 6) is 2.31. The molecule has 6 rings (SSSR count). The van der Waals surface area contributed by atoms with Gasteiger partial charge in [0.05, 0.1) is 24.5 Å². The smallest absolute Gasteiger partial charge is 0.321 e. The van der Waals surface area contributed by atoms with Gasteiger partial charge in [-0.2, -0.15) is 9.97 Å². The number of hydrogen-bond donors (Lipinski definition) is 2. The molecule has 4 aliphatic rings. The predicted octanol–water partition coefficient (Wildman–Crippen LogP) is 3.45. The van der Waals surface area contributed by atoms with Crippen molar-refractivity contribution in [1.82, 2.24) is 9.97 Å². The van der Waals surface area contributed by atoms with Crippen molar-refractivity contribution in [3.8, 4) is 11.9 Å². The van der Waals surface area contributed by atoms with Crippen LogP contribution in [0.3, 0.4) is 0 Å². The monoisotopic (exact) mass is 472 g/mol. The minimum Gasteiger partial charge on any atom is -0.481 e. The molecule has 4 fully saturated rings. The zero-order chi connectivity index (χ0) is 23.2. The first-order valence-corrected chi connectivity index (χ1v) is 12.7. The summed E-state index contributed by atoms with van der Waals surface area (Å²) in [6, 6.07) is 7.51. The van der Waals surface area contributed by atoms with Gasteiger partial charge in [-0.15, -0.1) is 0 Å². The third-order valence-corrected chi connectivity index (χ3v) is 8.63. The van der Waals surface area contributed by atoms with Gasteiger partial charge in [0.25, 0.3) is 10.0 Å². The van der Waals surface area contributed by atoms with Crippen LogP contribution in [0, 0.1) is 23.2 Å². The van der Waals surface area contributed by atoms with Crippen molar-refractivity contribution in [2.24, 2.45) is 23.2 Å². The summed E-state index contributed by atoms with van der Waals surface area (Å²) in [6.07, 6.45) is 6.76. The van der Waals surface area contributed by atoms with Crippen LogP contribution < -0.4 is 19.5 Å². The second-order valence-electron chi connectivity index (χ2n) is 9.56. The Bertz CT molecular complexity index is 1110. The van der Waals surface area contributed by atoms with E-state index in [0.717, 1.165) is 19.3 Å². The van der Waals surface area contributed by atoms with Crippen molar-refractivity contribution >= 4 is 27.4 Å². The normalized spacial score (nSPS) is 27.8. The Hall–Kier alpha value is -2.88. The van der Waals surface area contributed by atoms with Gasteiger partial charge in [0.2, 0.25) is 11.8 Å². The van der Waals surface area contributed by atoms with Crippen molar-refractivity contribution < 1.29 is 22.7 Å². The number of benzene rings is 1. The number of rotatable bonds is 7. The van der Waals surface area contributed by atoms with Gasteiger partial charge in [0, 0.05) is 11.8 Å². The zero-order valence-electron chi connectivity index (χ0n) is 18.7. The van der Waals surface area contributed by atoms with Crippen molar-refractivity contribution in [3.05, 3.63) is 30.3 Å². The molecule has 10 heteroatoms. The Morgan fingerprint density at radius 3 is 2.12 bits per heavy atom. The predicted molar refractivity (Wildman–Crippen MR) is 122 cm³/mol. The van der Waals surface area contributed by atoms with Gasteiger partial charge in [-0.3, -0.25) is 9.52 Å². The summed E-state index contributed by atoms with van der Waals surface area (Å²) in [5, 5.41) is 3.05. The fraction of sp³-hybridized carbons (Fsp3) is 0.522. The van der Waals surface area contributed by atoms with Crippen LogP contribution >= 0.6 is 0 Å². The molecule has 0 unspecified atom stereocenters. The molecule has 4 aliphatic carbocycles. The van der Waals surface area contributed by atoms with E-state index in [1.807, 2.05) is 0 Å². The van der Waals surface area contributed by atoms with Gasteiger partial charge < -0.3 is 14.8 Å². The first-order valence-electron chi connectivity index (χ1n) is 11.2. The number of nitrogens with one attached hydrogen (secondary N) is 2. The fourth-order valence-corrected chi connectivity index (χ4v) is 7.21. The average Bonchev–Trinajstić information content (AvgIpc) is 2.78. The van der Waals surface area contributed by atoms with Crippen LogP contribution in [0.4, 0.5) is 11.5 Å². The van der Waals surface area contributed by atoms with Gasteiger partial charge >= 0.3 is 6.01 Å². The second kappa shape index (κ2) is 8.16. The summed E-state index contributed by atoms with van der Waals surface area (Å²) in [6.45, 7) is 0. The standard InChI is InChI=1S/C23H28N4O5S/c1-31-20-10-19(25-22(26-20)32-2)27-33(29,30)18-5-3-17(4-6-18)24-21(28)23-11-14-7-15(12-23)9-16(8-14)13-23/h3-6,10,14-16H,7-9,11-13H2,1-2H3,(H,24,28)(H,25,26,27). The number of nitrogens with zero attached hydrogens (tertiary/aromatic N) is 2. The van der Waals surface area contributed by atoms with Gasteiger partial charge in [-0.1, -0.05) is 0 Å². The van der Waals surface area contributed by atoms with Crippen LogP contribution in [0.5, 0.6) is 11.9 Å². The Labute approximate surface area is 193 Å². The number of carbonyl (C=O) groups excluding carboxylic acids is 1. The van der Waals surface area contributed by atoms with Crippen molar-refractivity contribution in [2.75, 3.05) is 24.3 Å². The minimum atomic E-state index is -3.91. The van der Waals surface area contributed by atoms with Crippen LogP contribution in [0.25, 0.3) is 0 Å². The summed E-state index contributed by atoms with van der Waals surface area (Å²) in [5.41, 5.74) is 0.340. The van der Waals surface area contributed by atoms with Crippen molar-refractivity contribution in [3.63, 3.8) is 0 Å². The molecule has 0 spiro atoms. The summed E-state index contributed by atoms with van der Waals surface area (Å²) >= 11 is 0. The largest absolute Gasteiger partial charge is 0.481 e. The summed E-state index contributed by atoms with van der Waals surface area (Å²) in [4.78, 5) is 21.2. The van der Waals surface area contributed by atoms with Gasteiger partial charge in [0.15, 0.2) is 5.82 Å². The Balaban J connectivity index is 1.29. The molecule has 176 valence electrons. The molecule has 2 N–H and O–H groups in total. The van der Waals surface area contributed by atoms with E-state index in [0.29, 0.717) is 23.4 Å². The third-order valence-electron chi connectivity index (χ3n) is 7.26. The quantitative estimate of drug-likeness (QED) is 0.633. The Morgan fingerprint density at radius 2 is 1.58 bits per heavy atom. The van der Waals surface area contributed by atoms with Gasteiger partial charge in [0.1, 0.15) is 0 Å². The minimum absolute atomic E-state index is 0.0187. The molecule has 2 aromatic rings. The molecule has 4 bridgehead atoms. The van der Waals surface area contributed by atoms with E-state index >= 15 is 0 Å². The average molecular weight is 473 g/mol. The lowest BCUT2D eigenvalue weighted by Gasteiger charge is -2.55. The van der Waals surface area contributed by atoms with Crippen LogP contribution in [0.1, 0.15) is 38.5 Å². The highest BCUT2D eigenvalue weighted by Crippen LogP contribution is 2.60. The lowest BCUT2D eigenvalue weighted by molar-refractivity contribution is -0.140. The molecular formula is C23H28N4O5S. The van der Waals surface area contributed by atoms with Crippen LogP contribution in [0.2, 0.25) is 0 Å². The number of methoxy groups -OCH3 is 2. The van der Waals surface area contributed by atoms with Crippen LogP contribution in [-0.2, 0) is 14.8 Å². The molecule has 0 saturated heterocycles. The highest BCUT2D eigenvalue weighted by molar-refractivity contribution is 7.92. The molecule has 9 nitrogen and oxygen atoms in total. The van der Waals surface area contributed by atoms with Crippen molar-refractivity contribution in [1.29, 1.82) is 0 Å². The van der Waals surface area contributed by atoms with E-state index in [2.05, 4.69) is 20.0 Å². The number of aromatic nitrogens is 2. The highest BCUT2D eigenvalue weighted by Gasteiger charge is 2.54. The van der Waals surface area contributed by atoms with E-state index in [1.165, 1.54) is 51.7 Å². The molecule has 1 aromatic carbocycles. The Kier molecular flexibility index (Phi) is 5.43. The number of sulfonamides is 1. The molecule has 1 heterocycles. The number of carbonyl (C=O) groups is 1. The lowest BCUT2D eigenvalue weighted by atomic mass is 9.49. The first-order chi connectivity index (χ1) is 15.8. The Morgan fingerprint density at radius 1 is 0.970 bits per heavy atom. The zero-order valence-corrected chi connectivity index (χ0v) is 19.5. The SMILES string of the molecule is COc1cc(NS(=O)(=O)c2ccc(NC(=O)C34CC5CC(CC(C5)C3)C4)cc2)nc(OC)n1. The van der Waals surface area contributed by atoms with E-state index < -0.39 is 10.0 Å². The molecular weight excluding hydrogens is 444 g/mol. The maximum atomic E-state index is 13.2. The molecule has 0 radical (unpaired) electrons. The molecule has 0 atom stereocenters. The molecule has 0 aliphatic heterocycles. The number of hydrogen-bond acceptors (Lipinski definition) is 7. The topological polar surface area (TPSA) is 120 Å². The number of anilines is 2. The first kappa shape index (κ1) is 21.9.